The van der Waals surface area contributed by atoms with E-state index in [1.54, 1.807) is 37.5 Å². The Morgan fingerprint density at radius 3 is 2.58 bits per heavy atom. The van der Waals surface area contributed by atoms with Crippen LogP contribution in [0, 0.1) is 12.3 Å². The first-order valence-electron chi connectivity index (χ1n) is 12.2. The van der Waals surface area contributed by atoms with Crippen LogP contribution in [0.25, 0.3) is 22.6 Å². The number of aryl methyl sites for hydroxylation is 1. The van der Waals surface area contributed by atoms with Crippen LogP contribution in [0.5, 0.6) is 5.88 Å². The molecule has 3 aromatic heterocycles. The van der Waals surface area contributed by atoms with Crippen LogP contribution in [-0.2, 0) is 27.2 Å². The SMILES string of the molecule is CCOC(=O)C1(COc2cc(C)c(-c3ccc(-c4nc(C(F)(F)F)cn4COCCS)nc3)cn2)CCC1. The number of aromatic nitrogens is 4. The maximum Gasteiger partial charge on any atom is 0.434 e. The lowest BCUT2D eigenvalue weighted by Crippen LogP contribution is -2.44. The third-order valence-corrected chi connectivity index (χ3v) is 6.62. The van der Waals surface area contributed by atoms with Crippen LogP contribution in [0.4, 0.5) is 13.2 Å². The Balaban J connectivity index is 1.50. The second kappa shape index (κ2) is 11.7. The minimum atomic E-state index is -4.59. The minimum Gasteiger partial charge on any atom is -0.476 e. The number of halogens is 3. The molecule has 8 nitrogen and oxygen atoms in total. The molecule has 204 valence electrons. The maximum absolute atomic E-state index is 13.3. The molecule has 1 aliphatic rings. The van der Waals surface area contributed by atoms with Crippen molar-refractivity contribution in [3.05, 3.63) is 48.0 Å². The fourth-order valence-electron chi connectivity index (χ4n) is 4.19. The largest absolute Gasteiger partial charge is 0.476 e. The molecule has 0 aromatic carbocycles. The van der Waals surface area contributed by atoms with E-state index < -0.39 is 17.3 Å². The Morgan fingerprint density at radius 1 is 1.21 bits per heavy atom. The Labute approximate surface area is 224 Å². The number of hydrogen-bond acceptors (Lipinski definition) is 8. The number of thiol groups is 1. The van der Waals surface area contributed by atoms with E-state index in [9.17, 15) is 18.0 Å². The molecule has 0 N–H and O–H groups in total. The summed E-state index contributed by atoms with van der Waals surface area (Å²) in [5.74, 6) is 0.650. The first kappa shape index (κ1) is 27.9. The van der Waals surface area contributed by atoms with Crippen LogP contribution < -0.4 is 4.74 Å². The summed E-state index contributed by atoms with van der Waals surface area (Å²) in [6, 6.07) is 5.14. The third-order valence-electron chi connectivity index (χ3n) is 6.44. The van der Waals surface area contributed by atoms with Gasteiger partial charge in [-0.25, -0.2) is 9.97 Å². The number of carbonyl (C=O) groups excluding carboxylic acids is 1. The summed E-state index contributed by atoms with van der Waals surface area (Å²) in [6.07, 6.45) is 1.93. The Hall–Kier alpha value is -3.12. The first-order chi connectivity index (χ1) is 18.2. The zero-order chi connectivity index (χ0) is 27.3. The van der Waals surface area contributed by atoms with E-state index in [1.807, 2.05) is 6.92 Å². The zero-order valence-electron chi connectivity index (χ0n) is 21.1. The van der Waals surface area contributed by atoms with Crippen LogP contribution in [0.1, 0.15) is 37.4 Å². The smallest absolute Gasteiger partial charge is 0.434 e. The molecule has 3 aromatic rings. The Kier molecular flexibility index (Phi) is 8.61. The van der Waals surface area contributed by atoms with Crippen molar-refractivity contribution < 1.29 is 32.2 Å². The maximum atomic E-state index is 13.3. The summed E-state index contributed by atoms with van der Waals surface area (Å²) in [6.45, 7) is 4.38. The van der Waals surface area contributed by atoms with Gasteiger partial charge in [-0.05, 0) is 38.3 Å². The summed E-state index contributed by atoms with van der Waals surface area (Å²) < 4.78 is 57.5. The molecule has 4 rings (SSSR count). The predicted octanol–water partition coefficient (Wildman–Crippen LogP) is 5.35. The number of nitrogens with zero attached hydrogens (tertiary/aromatic N) is 4. The first-order valence-corrected chi connectivity index (χ1v) is 12.9. The highest BCUT2D eigenvalue weighted by atomic mass is 32.1. The molecule has 0 unspecified atom stereocenters. The molecule has 1 fully saturated rings. The van der Waals surface area contributed by atoms with E-state index in [0.717, 1.165) is 42.1 Å². The molecule has 12 heteroatoms. The third kappa shape index (κ3) is 6.12. The van der Waals surface area contributed by atoms with Gasteiger partial charge >= 0.3 is 12.1 Å². The van der Waals surface area contributed by atoms with E-state index in [-0.39, 0.29) is 37.4 Å². The van der Waals surface area contributed by atoms with Gasteiger partial charge in [-0.1, -0.05) is 12.5 Å². The van der Waals surface area contributed by atoms with Crippen molar-refractivity contribution in [1.82, 2.24) is 19.5 Å². The van der Waals surface area contributed by atoms with Crippen molar-refractivity contribution >= 4 is 18.6 Å². The van der Waals surface area contributed by atoms with Crippen molar-refractivity contribution in [3.8, 4) is 28.5 Å². The number of alkyl halides is 3. The van der Waals surface area contributed by atoms with Gasteiger partial charge in [0.1, 0.15) is 24.4 Å². The summed E-state index contributed by atoms with van der Waals surface area (Å²) in [5, 5.41) is 0. The van der Waals surface area contributed by atoms with Crippen LogP contribution in [0.15, 0.2) is 36.8 Å². The number of imidazole rings is 1. The average Bonchev–Trinajstić information content (AvgIpc) is 3.29. The molecular weight excluding hydrogens is 521 g/mol. The fourth-order valence-corrected chi connectivity index (χ4v) is 4.32. The predicted molar refractivity (Wildman–Crippen MR) is 137 cm³/mol. The second-order valence-corrected chi connectivity index (χ2v) is 9.54. The molecule has 1 aliphatic carbocycles. The number of carbonyl (C=O) groups is 1. The van der Waals surface area contributed by atoms with Crippen LogP contribution in [0.2, 0.25) is 0 Å². The molecule has 38 heavy (non-hydrogen) atoms. The molecule has 0 saturated heterocycles. The molecular formula is C26H29F3N4O4S. The second-order valence-electron chi connectivity index (χ2n) is 9.09. The van der Waals surface area contributed by atoms with Gasteiger partial charge < -0.3 is 18.8 Å². The normalized spacial score (nSPS) is 14.7. The summed E-state index contributed by atoms with van der Waals surface area (Å²) in [5.41, 5.74) is 1.03. The molecule has 1 saturated carbocycles. The van der Waals surface area contributed by atoms with Gasteiger partial charge in [-0.2, -0.15) is 25.8 Å². The quantitative estimate of drug-likeness (QED) is 0.196. The van der Waals surface area contributed by atoms with E-state index >= 15 is 0 Å². The highest BCUT2D eigenvalue weighted by molar-refractivity contribution is 7.80. The molecule has 0 amide bonds. The average molecular weight is 551 g/mol. The van der Waals surface area contributed by atoms with Gasteiger partial charge in [0.15, 0.2) is 11.5 Å². The van der Waals surface area contributed by atoms with Crippen LogP contribution in [0.3, 0.4) is 0 Å². The van der Waals surface area contributed by atoms with E-state index in [2.05, 4.69) is 27.6 Å². The van der Waals surface area contributed by atoms with Crippen molar-refractivity contribution in [2.45, 2.75) is 46.0 Å². The van der Waals surface area contributed by atoms with Gasteiger partial charge in [-0.3, -0.25) is 9.78 Å². The van der Waals surface area contributed by atoms with Gasteiger partial charge in [0, 0.05) is 41.5 Å². The molecule has 0 aliphatic heterocycles. The standard InChI is InChI=1S/C26H29F3N4O4S/c1-3-36-24(34)25(7-4-8-25)15-37-22-11-17(2)19(13-31-22)18-5-6-20(30-12-18)23-32-21(26(27,28)29)14-33(23)16-35-9-10-38/h5-6,11-14,38H,3-4,7-10,15-16H2,1-2H3. The lowest BCUT2D eigenvalue weighted by Gasteiger charge is -2.38. The van der Waals surface area contributed by atoms with E-state index in [0.29, 0.717) is 18.2 Å². The van der Waals surface area contributed by atoms with Crippen molar-refractivity contribution in [2.75, 3.05) is 25.6 Å². The van der Waals surface area contributed by atoms with Crippen molar-refractivity contribution in [2.24, 2.45) is 5.41 Å². The number of ether oxygens (including phenoxy) is 3. The highest BCUT2D eigenvalue weighted by Gasteiger charge is 2.46. The van der Waals surface area contributed by atoms with Gasteiger partial charge in [0.2, 0.25) is 5.88 Å². The highest BCUT2D eigenvalue weighted by Crippen LogP contribution is 2.42. The molecule has 0 spiro atoms. The number of hydrogen-bond donors (Lipinski definition) is 1. The fraction of sp³-hybridized carbons (Fsp3) is 0.462. The summed E-state index contributed by atoms with van der Waals surface area (Å²) in [7, 11) is 0. The number of rotatable bonds is 11. The van der Waals surface area contributed by atoms with Crippen LogP contribution >= 0.6 is 12.6 Å². The lowest BCUT2D eigenvalue weighted by atomic mass is 9.69. The van der Waals surface area contributed by atoms with Crippen molar-refractivity contribution in [3.63, 3.8) is 0 Å². The minimum absolute atomic E-state index is 0.0492. The topological polar surface area (TPSA) is 88.4 Å². The molecule has 0 radical (unpaired) electrons. The van der Waals surface area contributed by atoms with Gasteiger partial charge in [0.25, 0.3) is 0 Å². The monoisotopic (exact) mass is 550 g/mol. The molecule has 3 heterocycles. The van der Waals surface area contributed by atoms with Gasteiger partial charge in [-0.15, -0.1) is 0 Å². The van der Waals surface area contributed by atoms with E-state index in [4.69, 9.17) is 14.2 Å². The Bertz CT molecular complexity index is 1260. The molecule has 0 atom stereocenters. The lowest BCUT2D eigenvalue weighted by molar-refractivity contribution is -0.163. The van der Waals surface area contributed by atoms with Crippen LogP contribution in [-0.4, -0.2) is 51.1 Å². The summed E-state index contributed by atoms with van der Waals surface area (Å²) >= 11 is 4.05. The zero-order valence-corrected chi connectivity index (χ0v) is 22.0. The molecule has 0 bridgehead atoms. The van der Waals surface area contributed by atoms with Gasteiger partial charge in [0.05, 0.1) is 13.2 Å². The number of pyridine rings is 2. The number of esters is 1. The Morgan fingerprint density at radius 2 is 2.00 bits per heavy atom. The van der Waals surface area contributed by atoms with E-state index in [1.165, 1.54) is 4.57 Å². The summed E-state index contributed by atoms with van der Waals surface area (Å²) in [4.78, 5) is 24.8. The van der Waals surface area contributed by atoms with Crippen molar-refractivity contribution in [1.29, 1.82) is 0 Å².